The highest BCUT2D eigenvalue weighted by Gasteiger charge is 2.33. The van der Waals surface area contributed by atoms with Crippen molar-refractivity contribution in [3.63, 3.8) is 0 Å². The van der Waals surface area contributed by atoms with Gasteiger partial charge in [0.1, 0.15) is 0 Å². The molecular formula is C13H13F3N4O. The van der Waals surface area contributed by atoms with E-state index in [1.807, 2.05) is 0 Å². The second kappa shape index (κ2) is 5.47. The molecule has 2 aromatic rings. The first kappa shape index (κ1) is 14.9. The van der Waals surface area contributed by atoms with Crippen LogP contribution in [0, 0.1) is 0 Å². The van der Waals surface area contributed by atoms with E-state index in [0.29, 0.717) is 12.2 Å². The number of nitrogens with one attached hydrogen (secondary N) is 1. The van der Waals surface area contributed by atoms with E-state index in [2.05, 4.69) is 10.4 Å². The molecule has 0 radical (unpaired) electrons. The number of alkyl halides is 3. The van der Waals surface area contributed by atoms with Gasteiger partial charge in [0, 0.05) is 18.4 Å². The highest BCUT2D eigenvalue weighted by molar-refractivity contribution is 5.98. The summed E-state index contributed by atoms with van der Waals surface area (Å²) in [6.45, 7) is 2.14. The molecule has 1 aromatic carbocycles. The van der Waals surface area contributed by atoms with Crippen molar-refractivity contribution in [2.75, 3.05) is 12.3 Å². The molecule has 0 aliphatic carbocycles. The van der Waals surface area contributed by atoms with Crippen LogP contribution in [0.2, 0.25) is 0 Å². The topological polar surface area (TPSA) is 72.9 Å². The first-order valence-electron chi connectivity index (χ1n) is 6.14. The SMILES string of the molecule is CCNC(=O)c1ccc(N)cc1-n1ccc(C(F)(F)F)n1. The van der Waals surface area contributed by atoms with Crippen molar-refractivity contribution >= 4 is 11.6 Å². The first-order valence-corrected chi connectivity index (χ1v) is 6.14. The van der Waals surface area contributed by atoms with E-state index in [0.717, 1.165) is 16.9 Å². The van der Waals surface area contributed by atoms with E-state index in [-0.39, 0.29) is 11.3 Å². The zero-order chi connectivity index (χ0) is 15.6. The molecule has 1 amide bonds. The Kier molecular flexibility index (Phi) is 3.88. The normalized spacial score (nSPS) is 11.4. The molecule has 0 saturated heterocycles. The Hall–Kier alpha value is -2.51. The van der Waals surface area contributed by atoms with Gasteiger partial charge in [0.15, 0.2) is 5.69 Å². The molecule has 0 bridgehead atoms. The fourth-order valence-electron chi connectivity index (χ4n) is 1.80. The number of hydrogen-bond donors (Lipinski definition) is 2. The number of nitrogens with zero attached hydrogens (tertiary/aromatic N) is 2. The summed E-state index contributed by atoms with van der Waals surface area (Å²) in [7, 11) is 0. The molecule has 3 N–H and O–H groups in total. The zero-order valence-electron chi connectivity index (χ0n) is 11.1. The minimum Gasteiger partial charge on any atom is -0.399 e. The molecular weight excluding hydrogens is 285 g/mol. The fraction of sp³-hybridized carbons (Fsp3) is 0.231. The smallest absolute Gasteiger partial charge is 0.399 e. The summed E-state index contributed by atoms with van der Waals surface area (Å²) in [4.78, 5) is 11.9. The van der Waals surface area contributed by atoms with Crippen molar-refractivity contribution in [1.82, 2.24) is 15.1 Å². The third kappa shape index (κ3) is 3.15. The number of amides is 1. The summed E-state index contributed by atoms with van der Waals surface area (Å²) >= 11 is 0. The fourth-order valence-corrected chi connectivity index (χ4v) is 1.80. The lowest BCUT2D eigenvalue weighted by Crippen LogP contribution is -2.24. The van der Waals surface area contributed by atoms with Gasteiger partial charge in [-0.05, 0) is 31.2 Å². The van der Waals surface area contributed by atoms with Gasteiger partial charge in [-0.3, -0.25) is 4.79 Å². The second-order valence-corrected chi connectivity index (χ2v) is 4.28. The van der Waals surface area contributed by atoms with Gasteiger partial charge >= 0.3 is 6.18 Å². The molecule has 0 saturated carbocycles. The van der Waals surface area contributed by atoms with Crippen molar-refractivity contribution in [2.24, 2.45) is 0 Å². The Balaban J connectivity index is 2.49. The minimum absolute atomic E-state index is 0.191. The largest absolute Gasteiger partial charge is 0.435 e. The lowest BCUT2D eigenvalue weighted by molar-refractivity contribution is -0.141. The lowest BCUT2D eigenvalue weighted by atomic mass is 10.1. The van der Waals surface area contributed by atoms with E-state index in [1.165, 1.54) is 18.2 Å². The summed E-state index contributed by atoms with van der Waals surface area (Å²) in [5.74, 6) is -0.406. The third-order valence-electron chi connectivity index (χ3n) is 2.73. The lowest BCUT2D eigenvalue weighted by Gasteiger charge is -2.10. The Bertz CT molecular complexity index is 664. The molecule has 112 valence electrons. The van der Waals surface area contributed by atoms with E-state index < -0.39 is 17.8 Å². The predicted molar refractivity (Wildman–Crippen MR) is 71.0 cm³/mol. The van der Waals surface area contributed by atoms with Gasteiger partial charge < -0.3 is 11.1 Å². The maximum Gasteiger partial charge on any atom is 0.435 e. The molecule has 0 fully saturated rings. The predicted octanol–water partition coefficient (Wildman–Crippen LogP) is 2.22. The van der Waals surface area contributed by atoms with Crippen molar-refractivity contribution in [3.05, 3.63) is 41.7 Å². The van der Waals surface area contributed by atoms with Crippen LogP contribution >= 0.6 is 0 Å². The first-order chi connectivity index (χ1) is 9.82. The number of anilines is 1. The van der Waals surface area contributed by atoms with E-state index in [9.17, 15) is 18.0 Å². The maximum absolute atomic E-state index is 12.6. The van der Waals surface area contributed by atoms with Crippen LogP contribution in [-0.2, 0) is 6.18 Å². The quantitative estimate of drug-likeness (QED) is 0.853. The molecule has 0 aliphatic rings. The minimum atomic E-state index is -4.54. The number of carbonyl (C=O) groups is 1. The van der Waals surface area contributed by atoms with Crippen LogP contribution in [-0.4, -0.2) is 22.2 Å². The Morgan fingerprint density at radius 3 is 2.67 bits per heavy atom. The number of rotatable bonds is 3. The van der Waals surface area contributed by atoms with Gasteiger partial charge in [-0.1, -0.05) is 0 Å². The van der Waals surface area contributed by atoms with Gasteiger partial charge in [-0.25, -0.2) is 4.68 Å². The Morgan fingerprint density at radius 1 is 1.38 bits per heavy atom. The van der Waals surface area contributed by atoms with Gasteiger partial charge in [-0.15, -0.1) is 0 Å². The zero-order valence-corrected chi connectivity index (χ0v) is 11.1. The molecule has 1 heterocycles. The van der Waals surface area contributed by atoms with Crippen molar-refractivity contribution in [2.45, 2.75) is 13.1 Å². The highest BCUT2D eigenvalue weighted by Crippen LogP contribution is 2.28. The van der Waals surface area contributed by atoms with E-state index in [1.54, 1.807) is 6.92 Å². The third-order valence-corrected chi connectivity index (χ3v) is 2.73. The Morgan fingerprint density at radius 2 is 2.10 bits per heavy atom. The molecule has 1 aromatic heterocycles. The van der Waals surface area contributed by atoms with Gasteiger partial charge in [0.05, 0.1) is 11.3 Å². The van der Waals surface area contributed by atoms with Crippen molar-refractivity contribution < 1.29 is 18.0 Å². The molecule has 0 aliphatic heterocycles. The van der Waals surface area contributed by atoms with Gasteiger partial charge in [0.2, 0.25) is 0 Å². The van der Waals surface area contributed by atoms with Crippen LogP contribution in [0.4, 0.5) is 18.9 Å². The second-order valence-electron chi connectivity index (χ2n) is 4.28. The van der Waals surface area contributed by atoms with Crippen molar-refractivity contribution in [3.8, 4) is 5.69 Å². The summed E-state index contributed by atoms with van der Waals surface area (Å²) in [5.41, 5.74) is 5.31. The van der Waals surface area contributed by atoms with Crippen LogP contribution in [0.1, 0.15) is 23.0 Å². The van der Waals surface area contributed by atoms with Crippen LogP contribution in [0.15, 0.2) is 30.5 Å². The molecule has 2 rings (SSSR count). The number of benzene rings is 1. The molecule has 21 heavy (non-hydrogen) atoms. The van der Waals surface area contributed by atoms with Crippen LogP contribution in [0.5, 0.6) is 0 Å². The maximum atomic E-state index is 12.6. The standard InChI is InChI=1S/C13H13F3N4O/c1-2-18-12(21)9-4-3-8(17)7-10(9)20-6-5-11(19-20)13(14,15)16/h3-7H,2,17H2,1H3,(H,18,21). The molecule has 0 unspecified atom stereocenters. The number of halogens is 3. The number of hydrogen-bond acceptors (Lipinski definition) is 3. The summed E-state index contributed by atoms with van der Waals surface area (Å²) in [5, 5.41) is 6.04. The number of aromatic nitrogens is 2. The average Bonchev–Trinajstić information content (AvgIpc) is 2.88. The number of carbonyl (C=O) groups excluding carboxylic acids is 1. The van der Waals surface area contributed by atoms with Crippen LogP contribution in [0.25, 0.3) is 5.69 Å². The monoisotopic (exact) mass is 298 g/mol. The summed E-state index contributed by atoms with van der Waals surface area (Å²) in [6, 6.07) is 5.19. The average molecular weight is 298 g/mol. The number of nitrogen functional groups attached to an aromatic ring is 1. The Labute approximate surface area is 118 Å². The van der Waals surface area contributed by atoms with Gasteiger partial charge in [-0.2, -0.15) is 18.3 Å². The van der Waals surface area contributed by atoms with Crippen LogP contribution in [0.3, 0.4) is 0 Å². The number of nitrogens with two attached hydrogens (primary N) is 1. The molecule has 5 nitrogen and oxygen atoms in total. The summed E-state index contributed by atoms with van der Waals surface area (Å²) < 4.78 is 38.8. The molecule has 0 atom stereocenters. The van der Waals surface area contributed by atoms with E-state index in [4.69, 9.17) is 5.73 Å². The van der Waals surface area contributed by atoms with E-state index >= 15 is 0 Å². The van der Waals surface area contributed by atoms with Gasteiger partial charge in [0.25, 0.3) is 5.91 Å². The molecule has 8 heteroatoms. The molecule has 0 spiro atoms. The van der Waals surface area contributed by atoms with Crippen LogP contribution < -0.4 is 11.1 Å². The van der Waals surface area contributed by atoms with Crippen molar-refractivity contribution in [1.29, 1.82) is 0 Å². The summed E-state index contributed by atoms with van der Waals surface area (Å²) in [6.07, 6.45) is -3.41. The highest BCUT2D eigenvalue weighted by atomic mass is 19.4.